The Kier molecular flexibility index (Phi) is 6.53. The maximum Gasteiger partial charge on any atom is 0.220 e. The highest BCUT2D eigenvalue weighted by Crippen LogP contribution is 2.31. The first kappa shape index (κ1) is 16.8. The van der Waals surface area contributed by atoms with Crippen LogP contribution in [0.5, 0.6) is 0 Å². The number of amides is 1. The monoisotopic (exact) mass is 295 g/mol. The lowest BCUT2D eigenvalue weighted by atomic mass is 9.79. The van der Waals surface area contributed by atoms with Gasteiger partial charge in [0.1, 0.15) is 0 Å². The van der Waals surface area contributed by atoms with Gasteiger partial charge in [-0.15, -0.1) is 0 Å². The Morgan fingerprint density at radius 1 is 1.19 bits per heavy atom. The van der Waals surface area contributed by atoms with Gasteiger partial charge in [-0.2, -0.15) is 0 Å². The molecule has 0 aromatic heterocycles. The molecule has 1 amide bonds. The SMILES string of the molecule is CC1CCCC(O)(CNC(=O)CCCC2CCCCC2)C1. The van der Waals surface area contributed by atoms with Crippen LogP contribution < -0.4 is 5.32 Å². The third-order valence-corrected chi connectivity index (χ3v) is 5.42. The first-order valence-corrected chi connectivity index (χ1v) is 9.06. The van der Waals surface area contributed by atoms with Gasteiger partial charge in [-0.25, -0.2) is 0 Å². The van der Waals surface area contributed by atoms with Gasteiger partial charge in [0.2, 0.25) is 5.91 Å². The van der Waals surface area contributed by atoms with Crippen LogP contribution in [0, 0.1) is 11.8 Å². The fourth-order valence-electron chi connectivity index (χ4n) is 4.17. The lowest BCUT2D eigenvalue weighted by Gasteiger charge is -2.35. The summed E-state index contributed by atoms with van der Waals surface area (Å²) in [6.07, 6.45) is 13.7. The molecule has 0 bridgehead atoms. The lowest BCUT2D eigenvalue weighted by Crippen LogP contribution is -2.45. The van der Waals surface area contributed by atoms with Gasteiger partial charge >= 0.3 is 0 Å². The molecular weight excluding hydrogens is 262 g/mol. The molecule has 3 heteroatoms. The second-order valence-corrected chi connectivity index (χ2v) is 7.60. The van der Waals surface area contributed by atoms with Gasteiger partial charge in [-0.05, 0) is 37.5 Å². The minimum atomic E-state index is -0.656. The molecule has 0 aliphatic heterocycles. The van der Waals surface area contributed by atoms with Gasteiger partial charge in [0.15, 0.2) is 0 Å². The number of rotatable bonds is 6. The zero-order chi connectivity index (χ0) is 15.1. The minimum absolute atomic E-state index is 0.123. The van der Waals surface area contributed by atoms with E-state index in [0.717, 1.165) is 31.6 Å². The highest BCUT2D eigenvalue weighted by atomic mass is 16.3. The Balaban J connectivity index is 1.58. The molecule has 2 fully saturated rings. The van der Waals surface area contributed by atoms with Crippen LogP contribution in [-0.4, -0.2) is 23.2 Å². The predicted molar refractivity (Wildman–Crippen MR) is 86.0 cm³/mol. The molecule has 0 aromatic rings. The van der Waals surface area contributed by atoms with Crippen molar-refractivity contribution in [2.75, 3.05) is 6.54 Å². The Bertz CT molecular complexity index is 325. The molecule has 2 unspecified atom stereocenters. The number of hydrogen-bond donors (Lipinski definition) is 2. The van der Waals surface area contributed by atoms with E-state index in [-0.39, 0.29) is 5.91 Å². The van der Waals surface area contributed by atoms with Gasteiger partial charge in [0, 0.05) is 13.0 Å². The Morgan fingerprint density at radius 2 is 1.95 bits per heavy atom. The summed E-state index contributed by atoms with van der Waals surface area (Å²) in [4.78, 5) is 11.9. The van der Waals surface area contributed by atoms with Crippen LogP contribution in [0.15, 0.2) is 0 Å². The maximum atomic E-state index is 11.9. The first-order valence-electron chi connectivity index (χ1n) is 9.06. The van der Waals surface area contributed by atoms with Crippen molar-refractivity contribution >= 4 is 5.91 Å². The van der Waals surface area contributed by atoms with Crippen LogP contribution in [0.1, 0.15) is 84.0 Å². The van der Waals surface area contributed by atoms with E-state index in [9.17, 15) is 9.90 Å². The average molecular weight is 295 g/mol. The zero-order valence-corrected chi connectivity index (χ0v) is 13.7. The number of hydrogen-bond acceptors (Lipinski definition) is 2. The number of carbonyl (C=O) groups excluding carboxylic acids is 1. The van der Waals surface area contributed by atoms with E-state index >= 15 is 0 Å². The van der Waals surface area contributed by atoms with Crippen molar-refractivity contribution in [3.05, 3.63) is 0 Å². The largest absolute Gasteiger partial charge is 0.388 e. The molecule has 0 spiro atoms. The second kappa shape index (κ2) is 8.17. The van der Waals surface area contributed by atoms with E-state index in [4.69, 9.17) is 0 Å². The van der Waals surface area contributed by atoms with E-state index in [2.05, 4.69) is 12.2 Å². The van der Waals surface area contributed by atoms with Crippen molar-refractivity contribution in [3.8, 4) is 0 Å². The molecule has 2 aliphatic rings. The quantitative estimate of drug-likeness (QED) is 0.783. The predicted octanol–water partition coefficient (Wildman–Crippen LogP) is 3.79. The van der Waals surface area contributed by atoms with Crippen LogP contribution in [0.25, 0.3) is 0 Å². The molecule has 2 saturated carbocycles. The molecule has 21 heavy (non-hydrogen) atoms. The summed E-state index contributed by atoms with van der Waals surface area (Å²) in [6, 6.07) is 0. The lowest BCUT2D eigenvalue weighted by molar-refractivity contribution is -0.123. The molecule has 2 aliphatic carbocycles. The third-order valence-electron chi connectivity index (χ3n) is 5.42. The van der Waals surface area contributed by atoms with Crippen LogP contribution >= 0.6 is 0 Å². The molecule has 2 atom stereocenters. The summed E-state index contributed by atoms with van der Waals surface area (Å²) in [5, 5.41) is 13.5. The molecule has 0 saturated heterocycles. The summed E-state index contributed by atoms with van der Waals surface area (Å²) < 4.78 is 0. The van der Waals surface area contributed by atoms with Crippen LogP contribution in [-0.2, 0) is 4.79 Å². The third kappa shape index (κ3) is 5.98. The van der Waals surface area contributed by atoms with E-state index in [1.54, 1.807) is 0 Å². The molecule has 0 radical (unpaired) electrons. The molecule has 0 heterocycles. The molecule has 2 N–H and O–H groups in total. The molecular formula is C18H33NO2. The van der Waals surface area contributed by atoms with Crippen molar-refractivity contribution in [2.24, 2.45) is 11.8 Å². The van der Waals surface area contributed by atoms with Gasteiger partial charge in [-0.3, -0.25) is 4.79 Å². The summed E-state index contributed by atoms with van der Waals surface area (Å²) in [5.74, 6) is 1.55. The molecule has 3 nitrogen and oxygen atoms in total. The van der Waals surface area contributed by atoms with Crippen LogP contribution in [0.3, 0.4) is 0 Å². The number of nitrogens with one attached hydrogen (secondary N) is 1. The zero-order valence-electron chi connectivity index (χ0n) is 13.7. The number of carbonyl (C=O) groups is 1. The fraction of sp³-hybridized carbons (Fsp3) is 0.944. The van der Waals surface area contributed by atoms with E-state index in [0.29, 0.717) is 18.9 Å². The van der Waals surface area contributed by atoms with Crippen LogP contribution in [0.4, 0.5) is 0 Å². The van der Waals surface area contributed by atoms with Crippen LogP contribution in [0.2, 0.25) is 0 Å². The minimum Gasteiger partial charge on any atom is -0.388 e. The highest BCUT2D eigenvalue weighted by Gasteiger charge is 2.32. The smallest absolute Gasteiger partial charge is 0.220 e. The fourth-order valence-corrected chi connectivity index (χ4v) is 4.17. The summed E-state index contributed by atoms with van der Waals surface area (Å²) in [5.41, 5.74) is -0.656. The summed E-state index contributed by atoms with van der Waals surface area (Å²) in [7, 11) is 0. The first-order chi connectivity index (χ1) is 10.1. The molecule has 0 aromatic carbocycles. The molecule has 122 valence electrons. The van der Waals surface area contributed by atoms with E-state index in [1.807, 2.05) is 0 Å². The summed E-state index contributed by atoms with van der Waals surface area (Å²) in [6.45, 7) is 2.63. The second-order valence-electron chi connectivity index (χ2n) is 7.60. The van der Waals surface area contributed by atoms with Gasteiger partial charge in [-0.1, -0.05) is 51.9 Å². The normalized spacial score (nSPS) is 31.0. The van der Waals surface area contributed by atoms with Crippen molar-refractivity contribution in [1.82, 2.24) is 5.32 Å². The summed E-state index contributed by atoms with van der Waals surface area (Å²) >= 11 is 0. The number of aliphatic hydroxyl groups is 1. The molecule has 2 rings (SSSR count). The van der Waals surface area contributed by atoms with E-state index in [1.165, 1.54) is 44.9 Å². The van der Waals surface area contributed by atoms with Crippen molar-refractivity contribution in [2.45, 2.75) is 89.6 Å². The topological polar surface area (TPSA) is 49.3 Å². The van der Waals surface area contributed by atoms with E-state index < -0.39 is 5.60 Å². The Morgan fingerprint density at radius 3 is 2.67 bits per heavy atom. The van der Waals surface area contributed by atoms with Gasteiger partial charge in [0.25, 0.3) is 0 Å². The Labute approximate surface area is 129 Å². The maximum absolute atomic E-state index is 11.9. The van der Waals surface area contributed by atoms with Gasteiger partial charge < -0.3 is 10.4 Å². The van der Waals surface area contributed by atoms with Crippen molar-refractivity contribution in [3.63, 3.8) is 0 Å². The van der Waals surface area contributed by atoms with Gasteiger partial charge in [0.05, 0.1) is 5.60 Å². The van der Waals surface area contributed by atoms with Crippen molar-refractivity contribution < 1.29 is 9.90 Å². The average Bonchev–Trinajstić information content (AvgIpc) is 2.46. The van der Waals surface area contributed by atoms with Crippen molar-refractivity contribution in [1.29, 1.82) is 0 Å². The Hall–Kier alpha value is -0.570. The standard InChI is InChI=1S/C18H33NO2/c1-15-7-6-12-18(21,13-15)14-19-17(20)11-5-10-16-8-3-2-4-9-16/h15-16,21H,2-14H2,1H3,(H,19,20). The highest BCUT2D eigenvalue weighted by molar-refractivity contribution is 5.75.